The van der Waals surface area contributed by atoms with E-state index in [4.69, 9.17) is 4.52 Å². The maximum atomic E-state index is 5.23. The van der Waals surface area contributed by atoms with Gasteiger partial charge in [-0.05, 0) is 25.8 Å². The van der Waals surface area contributed by atoms with Gasteiger partial charge in [-0.3, -0.25) is 0 Å². The largest absolute Gasteiger partial charge is 0.361 e. The molecule has 0 atom stereocenters. The molecule has 72 valence electrons. The maximum Gasteiger partial charge on any atom is 0.140 e. The Balaban J connectivity index is 1.82. The number of rotatable bonds is 5. The van der Waals surface area contributed by atoms with Crippen LogP contribution in [0.15, 0.2) is 10.6 Å². The fraction of sp³-hybridized carbons (Fsp3) is 0.700. The molecule has 0 spiro atoms. The van der Waals surface area contributed by atoms with Crippen molar-refractivity contribution in [3.05, 3.63) is 17.5 Å². The summed E-state index contributed by atoms with van der Waals surface area (Å²) in [5.41, 5.74) is 1.04. The topological polar surface area (TPSA) is 38.1 Å². The van der Waals surface area contributed by atoms with Gasteiger partial charge in [0, 0.05) is 18.5 Å². The van der Waals surface area contributed by atoms with Crippen molar-refractivity contribution in [1.29, 1.82) is 0 Å². The Morgan fingerprint density at radius 2 is 2.46 bits per heavy atom. The average Bonchev–Trinajstić information content (AvgIpc) is 2.88. The van der Waals surface area contributed by atoms with Crippen molar-refractivity contribution in [2.75, 3.05) is 6.54 Å². The summed E-state index contributed by atoms with van der Waals surface area (Å²) in [6.45, 7) is 4.04. The van der Waals surface area contributed by atoms with E-state index >= 15 is 0 Å². The molecule has 1 aliphatic rings. The van der Waals surface area contributed by atoms with Crippen LogP contribution >= 0.6 is 0 Å². The van der Waals surface area contributed by atoms with Gasteiger partial charge in [0.1, 0.15) is 5.76 Å². The van der Waals surface area contributed by atoms with Gasteiger partial charge in [-0.1, -0.05) is 12.1 Å². The lowest BCUT2D eigenvalue weighted by molar-refractivity contribution is 0.376. The Morgan fingerprint density at radius 1 is 1.62 bits per heavy atom. The van der Waals surface area contributed by atoms with Crippen molar-refractivity contribution in [3.63, 3.8) is 0 Å². The van der Waals surface area contributed by atoms with Gasteiger partial charge in [-0.2, -0.15) is 0 Å². The molecular formula is C10H16N2O. The van der Waals surface area contributed by atoms with Gasteiger partial charge in [0.2, 0.25) is 0 Å². The van der Waals surface area contributed by atoms with Gasteiger partial charge in [0.25, 0.3) is 0 Å². The van der Waals surface area contributed by atoms with E-state index in [9.17, 15) is 0 Å². The Bertz CT molecular complexity index is 266. The molecule has 1 aromatic heterocycles. The maximum absolute atomic E-state index is 5.23. The summed E-state index contributed by atoms with van der Waals surface area (Å²) in [4.78, 5) is 0. The minimum Gasteiger partial charge on any atom is -0.361 e. The van der Waals surface area contributed by atoms with E-state index in [-0.39, 0.29) is 0 Å². The average molecular weight is 180 g/mol. The summed E-state index contributed by atoms with van der Waals surface area (Å²) in [6.07, 6.45) is 3.71. The fourth-order valence-corrected chi connectivity index (χ4v) is 1.37. The van der Waals surface area contributed by atoms with Crippen LogP contribution in [0, 0.1) is 0 Å². The van der Waals surface area contributed by atoms with Crippen LogP contribution in [0.25, 0.3) is 0 Å². The summed E-state index contributed by atoms with van der Waals surface area (Å²) in [6, 6.07) is 2.08. The summed E-state index contributed by atoms with van der Waals surface area (Å²) >= 11 is 0. The molecule has 3 nitrogen and oxygen atoms in total. The molecule has 1 N–H and O–H groups in total. The predicted molar refractivity (Wildman–Crippen MR) is 50.5 cm³/mol. The second-order valence-corrected chi connectivity index (χ2v) is 3.67. The van der Waals surface area contributed by atoms with Crippen LogP contribution in [-0.4, -0.2) is 11.7 Å². The van der Waals surface area contributed by atoms with Gasteiger partial charge in [-0.25, -0.2) is 0 Å². The van der Waals surface area contributed by atoms with E-state index in [0.29, 0.717) is 5.92 Å². The van der Waals surface area contributed by atoms with E-state index in [2.05, 4.69) is 23.5 Å². The van der Waals surface area contributed by atoms with E-state index in [1.165, 1.54) is 12.8 Å². The lowest BCUT2D eigenvalue weighted by Crippen LogP contribution is -2.13. The van der Waals surface area contributed by atoms with Crippen LogP contribution in [0.4, 0.5) is 0 Å². The molecule has 1 heterocycles. The zero-order valence-corrected chi connectivity index (χ0v) is 8.05. The molecule has 1 fully saturated rings. The first-order chi connectivity index (χ1) is 6.40. The minimum atomic E-state index is 0.674. The monoisotopic (exact) mass is 180 g/mol. The normalized spacial score (nSPS) is 16.4. The molecule has 1 saturated carbocycles. The molecule has 1 aliphatic carbocycles. The first-order valence-corrected chi connectivity index (χ1v) is 5.06. The van der Waals surface area contributed by atoms with Gasteiger partial charge in [0.15, 0.2) is 0 Å². The number of hydrogen-bond donors (Lipinski definition) is 1. The van der Waals surface area contributed by atoms with Crippen molar-refractivity contribution < 1.29 is 4.52 Å². The van der Waals surface area contributed by atoms with E-state index in [1.54, 1.807) is 0 Å². The van der Waals surface area contributed by atoms with E-state index in [1.807, 2.05) is 0 Å². The van der Waals surface area contributed by atoms with Crippen molar-refractivity contribution in [1.82, 2.24) is 10.5 Å². The third-order valence-corrected chi connectivity index (χ3v) is 2.29. The molecule has 0 radical (unpaired) electrons. The standard InChI is InChI=1S/C10H16N2O/c1-2-5-11-7-9-6-10(13-12-9)8-3-4-8/h6,8,11H,2-5,7H2,1H3. The third-order valence-electron chi connectivity index (χ3n) is 2.29. The summed E-state index contributed by atoms with van der Waals surface area (Å²) in [7, 11) is 0. The van der Waals surface area contributed by atoms with Crippen molar-refractivity contribution in [2.45, 2.75) is 38.6 Å². The van der Waals surface area contributed by atoms with Crippen molar-refractivity contribution in [2.24, 2.45) is 0 Å². The molecule has 3 heteroatoms. The molecule has 13 heavy (non-hydrogen) atoms. The molecule has 0 saturated heterocycles. The number of nitrogens with one attached hydrogen (secondary N) is 1. The fourth-order valence-electron chi connectivity index (χ4n) is 1.37. The number of aromatic nitrogens is 1. The van der Waals surface area contributed by atoms with Crippen LogP contribution in [0.3, 0.4) is 0 Å². The first kappa shape index (κ1) is 8.75. The zero-order valence-electron chi connectivity index (χ0n) is 8.05. The Hall–Kier alpha value is -0.830. The van der Waals surface area contributed by atoms with Crippen LogP contribution in [-0.2, 0) is 6.54 Å². The lowest BCUT2D eigenvalue weighted by atomic mass is 10.3. The molecular weight excluding hydrogens is 164 g/mol. The highest BCUT2D eigenvalue weighted by Crippen LogP contribution is 2.40. The zero-order chi connectivity index (χ0) is 9.10. The smallest absolute Gasteiger partial charge is 0.140 e. The molecule has 0 bridgehead atoms. The number of nitrogens with zero attached hydrogens (tertiary/aromatic N) is 1. The highest BCUT2D eigenvalue weighted by molar-refractivity contribution is 5.14. The van der Waals surface area contributed by atoms with Crippen LogP contribution in [0.5, 0.6) is 0 Å². The Labute approximate surface area is 78.5 Å². The molecule has 1 aromatic rings. The summed E-state index contributed by atoms with van der Waals surface area (Å²) in [5, 5.41) is 7.31. The molecule has 0 amide bonds. The lowest BCUT2D eigenvalue weighted by Gasteiger charge is -1.96. The molecule has 2 rings (SSSR count). The minimum absolute atomic E-state index is 0.674. The van der Waals surface area contributed by atoms with Crippen molar-refractivity contribution in [3.8, 4) is 0 Å². The second-order valence-electron chi connectivity index (χ2n) is 3.67. The highest BCUT2D eigenvalue weighted by atomic mass is 16.5. The van der Waals surface area contributed by atoms with Crippen molar-refractivity contribution >= 4 is 0 Å². The van der Waals surface area contributed by atoms with Crippen LogP contribution in [0.2, 0.25) is 0 Å². The predicted octanol–water partition coefficient (Wildman–Crippen LogP) is 2.05. The Kier molecular flexibility index (Phi) is 2.64. The van der Waals surface area contributed by atoms with E-state index in [0.717, 1.165) is 31.0 Å². The quantitative estimate of drug-likeness (QED) is 0.705. The summed E-state index contributed by atoms with van der Waals surface area (Å²) < 4.78 is 5.23. The third kappa shape index (κ3) is 2.31. The van der Waals surface area contributed by atoms with Crippen LogP contribution in [0.1, 0.15) is 43.6 Å². The first-order valence-electron chi connectivity index (χ1n) is 5.06. The summed E-state index contributed by atoms with van der Waals surface area (Å²) in [5.74, 6) is 1.75. The van der Waals surface area contributed by atoms with Gasteiger partial charge in [0.05, 0.1) is 5.69 Å². The highest BCUT2D eigenvalue weighted by Gasteiger charge is 2.27. The second kappa shape index (κ2) is 3.92. The SMILES string of the molecule is CCCNCc1cc(C2CC2)on1. The van der Waals surface area contributed by atoms with Gasteiger partial charge < -0.3 is 9.84 Å². The molecule has 0 aromatic carbocycles. The van der Waals surface area contributed by atoms with Crippen LogP contribution < -0.4 is 5.32 Å². The Morgan fingerprint density at radius 3 is 3.15 bits per heavy atom. The van der Waals surface area contributed by atoms with Gasteiger partial charge >= 0.3 is 0 Å². The van der Waals surface area contributed by atoms with Gasteiger partial charge in [-0.15, -0.1) is 0 Å². The van der Waals surface area contributed by atoms with E-state index < -0.39 is 0 Å². The molecule has 0 aliphatic heterocycles. The number of hydrogen-bond acceptors (Lipinski definition) is 3. The molecule has 0 unspecified atom stereocenters.